The van der Waals surface area contributed by atoms with Crippen LogP contribution < -0.4 is 4.74 Å². The highest BCUT2D eigenvalue weighted by atomic mass is 19.1. The number of hydrogen-bond donors (Lipinski definition) is 0. The summed E-state index contributed by atoms with van der Waals surface area (Å²) in [7, 11) is 1.46. The largest absolute Gasteiger partial charge is 0.467 e. The van der Waals surface area contributed by atoms with Gasteiger partial charge in [0.15, 0.2) is 13.1 Å². The van der Waals surface area contributed by atoms with Crippen LogP contribution in [-0.4, -0.2) is 20.2 Å². The maximum atomic E-state index is 12.6. The molecule has 0 fully saturated rings. The minimum Gasteiger partial charge on any atom is -0.467 e. The summed E-state index contributed by atoms with van der Waals surface area (Å²) >= 11 is 0. The SMILES string of the molecule is COCOc1ccc(F)cc1C=O. The molecule has 3 nitrogen and oxygen atoms in total. The summed E-state index contributed by atoms with van der Waals surface area (Å²) in [6, 6.07) is 3.72. The van der Waals surface area contributed by atoms with E-state index >= 15 is 0 Å². The molecule has 0 saturated heterocycles. The van der Waals surface area contributed by atoms with Gasteiger partial charge < -0.3 is 9.47 Å². The molecular weight excluding hydrogens is 175 g/mol. The van der Waals surface area contributed by atoms with Crippen molar-refractivity contribution in [1.29, 1.82) is 0 Å². The van der Waals surface area contributed by atoms with E-state index in [0.29, 0.717) is 12.0 Å². The number of rotatable bonds is 4. The molecule has 0 aliphatic heterocycles. The molecule has 13 heavy (non-hydrogen) atoms. The van der Waals surface area contributed by atoms with E-state index < -0.39 is 5.82 Å². The fraction of sp³-hybridized carbons (Fsp3) is 0.222. The van der Waals surface area contributed by atoms with Gasteiger partial charge in [0, 0.05) is 7.11 Å². The first-order valence-electron chi connectivity index (χ1n) is 3.64. The Labute approximate surface area is 75.1 Å². The van der Waals surface area contributed by atoms with Crippen LogP contribution in [0.2, 0.25) is 0 Å². The lowest BCUT2D eigenvalue weighted by atomic mass is 10.2. The van der Waals surface area contributed by atoms with Crippen LogP contribution in [0.1, 0.15) is 10.4 Å². The summed E-state index contributed by atoms with van der Waals surface area (Å²) in [5, 5.41) is 0. The maximum absolute atomic E-state index is 12.6. The summed E-state index contributed by atoms with van der Waals surface area (Å²) < 4.78 is 22.3. The molecule has 1 aromatic rings. The summed E-state index contributed by atoms with van der Waals surface area (Å²) in [5.74, 6) is -0.148. The lowest BCUT2D eigenvalue weighted by Crippen LogP contribution is -2.01. The van der Waals surface area contributed by atoms with Gasteiger partial charge in [-0.3, -0.25) is 4.79 Å². The Morgan fingerprint density at radius 3 is 2.92 bits per heavy atom. The van der Waals surface area contributed by atoms with E-state index in [0.717, 1.165) is 6.07 Å². The first kappa shape index (κ1) is 9.67. The van der Waals surface area contributed by atoms with Gasteiger partial charge in [-0.05, 0) is 18.2 Å². The topological polar surface area (TPSA) is 35.5 Å². The summed E-state index contributed by atoms with van der Waals surface area (Å²) in [6.07, 6.45) is 0.536. The number of methoxy groups -OCH3 is 1. The lowest BCUT2D eigenvalue weighted by Gasteiger charge is -2.06. The fourth-order valence-electron chi connectivity index (χ4n) is 0.865. The Morgan fingerprint density at radius 2 is 2.31 bits per heavy atom. The molecule has 0 aromatic heterocycles. The van der Waals surface area contributed by atoms with E-state index in [2.05, 4.69) is 4.74 Å². The Balaban J connectivity index is 2.86. The van der Waals surface area contributed by atoms with Crippen LogP contribution in [0.3, 0.4) is 0 Å². The highest BCUT2D eigenvalue weighted by Gasteiger charge is 2.03. The molecule has 1 rings (SSSR count). The number of carbonyl (C=O) groups is 1. The molecule has 0 N–H and O–H groups in total. The van der Waals surface area contributed by atoms with Gasteiger partial charge in [-0.15, -0.1) is 0 Å². The Hall–Kier alpha value is -1.42. The summed E-state index contributed by atoms with van der Waals surface area (Å²) in [4.78, 5) is 10.5. The zero-order chi connectivity index (χ0) is 9.68. The molecule has 4 heteroatoms. The van der Waals surface area contributed by atoms with E-state index in [4.69, 9.17) is 4.74 Å². The molecule has 1 aromatic carbocycles. The van der Waals surface area contributed by atoms with Crippen LogP contribution in [0.5, 0.6) is 5.75 Å². The fourth-order valence-corrected chi connectivity index (χ4v) is 0.865. The number of benzene rings is 1. The van der Waals surface area contributed by atoms with Crippen LogP contribution in [0.4, 0.5) is 4.39 Å². The molecule has 70 valence electrons. The molecule has 0 bridgehead atoms. The maximum Gasteiger partial charge on any atom is 0.188 e. The first-order chi connectivity index (χ1) is 6.27. The third kappa shape index (κ3) is 2.52. The summed E-state index contributed by atoms with van der Waals surface area (Å²) in [5.41, 5.74) is 0.178. The molecule has 0 saturated carbocycles. The van der Waals surface area contributed by atoms with E-state index in [1.807, 2.05) is 0 Å². The van der Waals surface area contributed by atoms with Gasteiger partial charge >= 0.3 is 0 Å². The van der Waals surface area contributed by atoms with Gasteiger partial charge in [-0.2, -0.15) is 0 Å². The van der Waals surface area contributed by atoms with Gasteiger partial charge in [-0.25, -0.2) is 4.39 Å². The lowest BCUT2D eigenvalue weighted by molar-refractivity contribution is 0.0505. The van der Waals surface area contributed by atoms with Crippen LogP contribution in [0.25, 0.3) is 0 Å². The van der Waals surface area contributed by atoms with Crippen molar-refractivity contribution in [2.75, 3.05) is 13.9 Å². The van der Waals surface area contributed by atoms with E-state index in [9.17, 15) is 9.18 Å². The molecule has 0 spiro atoms. The second kappa shape index (κ2) is 4.57. The molecule has 0 aliphatic rings. The number of halogens is 1. The van der Waals surface area contributed by atoms with Crippen molar-refractivity contribution in [3.8, 4) is 5.75 Å². The molecular formula is C9H9FO3. The number of ether oxygens (including phenoxy) is 2. The van der Waals surface area contributed by atoms with Crippen molar-refractivity contribution in [3.05, 3.63) is 29.6 Å². The third-order valence-corrected chi connectivity index (χ3v) is 1.43. The van der Waals surface area contributed by atoms with Crippen molar-refractivity contribution in [1.82, 2.24) is 0 Å². The zero-order valence-corrected chi connectivity index (χ0v) is 7.12. The van der Waals surface area contributed by atoms with Crippen molar-refractivity contribution < 1.29 is 18.7 Å². The molecule has 0 amide bonds. The average Bonchev–Trinajstić information content (AvgIpc) is 2.16. The van der Waals surface area contributed by atoms with E-state index in [1.165, 1.54) is 19.2 Å². The van der Waals surface area contributed by atoms with Gasteiger partial charge in [0.1, 0.15) is 11.6 Å². The standard InChI is InChI=1S/C9H9FO3/c1-12-6-13-9-3-2-8(10)4-7(9)5-11/h2-5H,6H2,1H3. The minimum atomic E-state index is -0.466. The Kier molecular flexibility index (Phi) is 3.40. The Bertz CT molecular complexity index is 299. The van der Waals surface area contributed by atoms with Gasteiger partial charge in [0.25, 0.3) is 0 Å². The van der Waals surface area contributed by atoms with E-state index in [-0.39, 0.29) is 12.4 Å². The minimum absolute atomic E-state index is 0.0342. The van der Waals surface area contributed by atoms with Crippen molar-refractivity contribution in [2.45, 2.75) is 0 Å². The average molecular weight is 184 g/mol. The first-order valence-corrected chi connectivity index (χ1v) is 3.64. The third-order valence-electron chi connectivity index (χ3n) is 1.43. The van der Waals surface area contributed by atoms with Crippen molar-refractivity contribution >= 4 is 6.29 Å². The molecule has 0 atom stereocenters. The molecule has 0 heterocycles. The number of hydrogen-bond acceptors (Lipinski definition) is 3. The van der Waals surface area contributed by atoms with Crippen LogP contribution in [-0.2, 0) is 4.74 Å². The highest BCUT2D eigenvalue weighted by Crippen LogP contribution is 2.17. The number of aldehydes is 1. The number of carbonyl (C=O) groups excluding carboxylic acids is 1. The normalized spacial score (nSPS) is 9.69. The molecule has 0 unspecified atom stereocenters. The van der Waals surface area contributed by atoms with Gasteiger partial charge in [0.2, 0.25) is 0 Å². The van der Waals surface area contributed by atoms with Crippen molar-refractivity contribution in [3.63, 3.8) is 0 Å². The van der Waals surface area contributed by atoms with Crippen molar-refractivity contribution in [2.24, 2.45) is 0 Å². The smallest absolute Gasteiger partial charge is 0.188 e. The second-order valence-electron chi connectivity index (χ2n) is 2.35. The zero-order valence-electron chi connectivity index (χ0n) is 7.12. The Morgan fingerprint density at radius 1 is 1.54 bits per heavy atom. The van der Waals surface area contributed by atoms with Gasteiger partial charge in [0.05, 0.1) is 5.56 Å². The quantitative estimate of drug-likeness (QED) is 0.527. The molecule has 0 radical (unpaired) electrons. The van der Waals surface area contributed by atoms with E-state index in [1.54, 1.807) is 0 Å². The van der Waals surface area contributed by atoms with Gasteiger partial charge in [-0.1, -0.05) is 0 Å². The predicted molar refractivity (Wildman–Crippen MR) is 44.3 cm³/mol. The van der Waals surface area contributed by atoms with Crippen LogP contribution >= 0.6 is 0 Å². The highest BCUT2D eigenvalue weighted by molar-refractivity contribution is 5.79. The monoisotopic (exact) mass is 184 g/mol. The second-order valence-corrected chi connectivity index (χ2v) is 2.35. The van der Waals surface area contributed by atoms with Crippen LogP contribution in [0, 0.1) is 5.82 Å². The molecule has 0 aliphatic carbocycles. The summed E-state index contributed by atoms with van der Waals surface area (Å²) in [6.45, 7) is 0.0342. The predicted octanol–water partition coefficient (Wildman–Crippen LogP) is 1.62. The van der Waals surface area contributed by atoms with Crippen LogP contribution in [0.15, 0.2) is 18.2 Å².